The zero-order chi connectivity index (χ0) is 14.4. The Kier molecular flexibility index (Phi) is 4.72. The van der Waals surface area contributed by atoms with Crippen LogP contribution in [0.1, 0.15) is 24.5 Å². The molecule has 2 aromatic rings. The number of hydrogen-bond acceptors (Lipinski definition) is 2. The summed E-state index contributed by atoms with van der Waals surface area (Å²) in [5, 5.41) is 0. The van der Waals surface area contributed by atoms with Gasteiger partial charge in [-0.05, 0) is 23.1 Å². The van der Waals surface area contributed by atoms with Crippen molar-refractivity contribution in [1.29, 1.82) is 0 Å². The molecule has 2 heteroatoms. The molecule has 102 valence electrons. The Balaban J connectivity index is 2.64. The molecule has 0 N–H and O–H groups in total. The summed E-state index contributed by atoms with van der Waals surface area (Å²) < 4.78 is 4.97. The van der Waals surface area contributed by atoms with Gasteiger partial charge in [-0.3, -0.25) is 0 Å². The molecule has 0 bridgehead atoms. The van der Waals surface area contributed by atoms with Crippen molar-refractivity contribution in [2.45, 2.75) is 13.3 Å². The maximum Gasteiger partial charge on any atom is 0.338 e. The minimum absolute atomic E-state index is 0.295. The highest BCUT2D eigenvalue weighted by Gasteiger charge is 2.18. The third-order valence-corrected chi connectivity index (χ3v) is 3.23. The fourth-order valence-corrected chi connectivity index (χ4v) is 2.29. The highest BCUT2D eigenvalue weighted by molar-refractivity contribution is 6.24. The van der Waals surface area contributed by atoms with Gasteiger partial charge in [0.15, 0.2) is 0 Å². The molecule has 0 aliphatic heterocycles. The van der Waals surface area contributed by atoms with Gasteiger partial charge in [0.2, 0.25) is 0 Å². The van der Waals surface area contributed by atoms with Crippen molar-refractivity contribution >= 4 is 17.1 Å². The Morgan fingerprint density at radius 1 is 0.900 bits per heavy atom. The van der Waals surface area contributed by atoms with E-state index in [0.29, 0.717) is 5.57 Å². The van der Waals surface area contributed by atoms with E-state index in [9.17, 15) is 4.79 Å². The molecule has 0 atom stereocenters. The molecular formula is C18H18O2. The average molecular weight is 266 g/mol. The number of methoxy groups -OCH3 is 1. The van der Waals surface area contributed by atoms with Crippen LogP contribution in [0.3, 0.4) is 0 Å². The molecular weight excluding hydrogens is 248 g/mol. The van der Waals surface area contributed by atoms with Gasteiger partial charge in [-0.2, -0.15) is 0 Å². The summed E-state index contributed by atoms with van der Waals surface area (Å²) in [5.41, 5.74) is 3.59. The summed E-state index contributed by atoms with van der Waals surface area (Å²) in [7, 11) is 1.42. The summed E-state index contributed by atoms with van der Waals surface area (Å²) in [6.45, 7) is 2.05. The molecule has 0 spiro atoms. The summed E-state index contributed by atoms with van der Waals surface area (Å²) >= 11 is 0. The molecule has 2 rings (SSSR count). The van der Waals surface area contributed by atoms with Crippen molar-refractivity contribution in [2.75, 3.05) is 7.11 Å². The number of carbonyl (C=O) groups is 1. The monoisotopic (exact) mass is 266 g/mol. The Labute approximate surface area is 119 Å². The Hall–Kier alpha value is -2.35. The Morgan fingerprint density at radius 3 is 1.85 bits per heavy atom. The van der Waals surface area contributed by atoms with Gasteiger partial charge in [0.1, 0.15) is 0 Å². The van der Waals surface area contributed by atoms with Gasteiger partial charge in [0.25, 0.3) is 0 Å². The first-order valence-electron chi connectivity index (χ1n) is 6.70. The van der Waals surface area contributed by atoms with Crippen LogP contribution in [-0.4, -0.2) is 13.1 Å². The summed E-state index contributed by atoms with van der Waals surface area (Å²) in [5.74, 6) is -0.295. The van der Waals surface area contributed by atoms with E-state index in [1.807, 2.05) is 67.6 Å². The number of hydrogen-bond donors (Lipinski definition) is 0. The average Bonchev–Trinajstić information content (AvgIpc) is 2.53. The molecule has 20 heavy (non-hydrogen) atoms. The molecule has 0 fully saturated rings. The Morgan fingerprint density at radius 2 is 1.40 bits per heavy atom. The van der Waals surface area contributed by atoms with E-state index >= 15 is 0 Å². The minimum Gasteiger partial charge on any atom is -0.465 e. The highest BCUT2D eigenvalue weighted by Crippen LogP contribution is 2.29. The lowest BCUT2D eigenvalue weighted by molar-refractivity contribution is -0.133. The van der Waals surface area contributed by atoms with Crippen molar-refractivity contribution < 1.29 is 9.53 Å². The van der Waals surface area contributed by atoms with E-state index in [1.165, 1.54) is 7.11 Å². The zero-order valence-corrected chi connectivity index (χ0v) is 11.8. The summed E-state index contributed by atoms with van der Waals surface area (Å²) in [6, 6.07) is 19.6. The maximum atomic E-state index is 12.2. The van der Waals surface area contributed by atoms with E-state index in [1.54, 1.807) is 0 Å². The lowest BCUT2D eigenvalue weighted by atomic mass is 9.93. The molecule has 0 radical (unpaired) electrons. The normalized spacial score (nSPS) is 11.7. The van der Waals surface area contributed by atoms with E-state index in [-0.39, 0.29) is 5.97 Å². The molecule has 0 aromatic heterocycles. The maximum absolute atomic E-state index is 12.2. The first-order chi connectivity index (χ1) is 9.77. The molecule has 0 heterocycles. The topological polar surface area (TPSA) is 26.3 Å². The van der Waals surface area contributed by atoms with Crippen LogP contribution in [-0.2, 0) is 9.53 Å². The van der Waals surface area contributed by atoms with Gasteiger partial charge in [-0.1, -0.05) is 67.6 Å². The largest absolute Gasteiger partial charge is 0.465 e. The predicted octanol–water partition coefficient (Wildman–Crippen LogP) is 4.18. The summed E-state index contributed by atoms with van der Waals surface area (Å²) in [6.07, 6.45) is 0.767. The third-order valence-electron chi connectivity index (χ3n) is 3.23. The van der Waals surface area contributed by atoms with Crippen molar-refractivity contribution in [3.63, 3.8) is 0 Å². The van der Waals surface area contributed by atoms with Crippen LogP contribution in [0.4, 0.5) is 0 Å². The van der Waals surface area contributed by atoms with Crippen molar-refractivity contribution in [3.05, 3.63) is 71.8 Å². The van der Waals surface area contributed by atoms with Crippen LogP contribution in [0.5, 0.6) is 0 Å². The molecule has 0 saturated heterocycles. The van der Waals surface area contributed by atoms with Crippen LogP contribution >= 0.6 is 0 Å². The van der Waals surface area contributed by atoms with Crippen LogP contribution in [0.2, 0.25) is 0 Å². The first kappa shape index (κ1) is 14.1. The predicted molar refractivity (Wildman–Crippen MR) is 82.0 cm³/mol. The van der Waals surface area contributed by atoms with Crippen molar-refractivity contribution in [1.82, 2.24) is 0 Å². The standard InChI is InChI=1S/C18H18O2/c1-3-16(14-10-6-4-7-11-14)17(18(19)20-2)15-12-8-5-9-13-15/h4-13H,3H2,1-2H3. The number of benzene rings is 2. The molecule has 0 unspecified atom stereocenters. The number of carbonyl (C=O) groups excluding carboxylic acids is 1. The quantitative estimate of drug-likeness (QED) is 0.471. The number of rotatable bonds is 4. The number of ether oxygens (including phenoxy) is 1. The van der Waals surface area contributed by atoms with E-state index in [2.05, 4.69) is 0 Å². The molecule has 0 amide bonds. The van der Waals surface area contributed by atoms with Crippen LogP contribution < -0.4 is 0 Å². The van der Waals surface area contributed by atoms with Gasteiger partial charge in [0.05, 0.1) is 12.7 Å². The van der Waals surface area contributed by atoms with Gasteiger partial charge < -0.3 is 4.74 Å². The second kappa shape index (κ2) is 6.71. The van der Waals surface area contributed by atoms with E-state index in [0.717, 1.165) is 23.1 Å². The fraction of sp³-hybridized carbons (Fsp3) is 0.167. The molecule has 2 aromatic carbocycles. The third kappa shape index (κ3) is 2.97. The van der Waals surface area contributed by atoms with Gasteiger partial charge in [-0.15, -0.1) is 0 Å². The van der Waals surface area contributed by atoms with E-state index < -0.39 is 0 Å². The van der Waals surface area contributed by atoms with Gasteiger partial charge in [0, 0.05) is 0 Å². The molecule has 2 nitrogen and oxygen atoms in total. The fourth-order valence-electron chi connectivity index (χ4n) is 2.29. The summed E-state index contributed by atoms with van der Waals surface area (Å²) in [4.78, 5) is 12.2. The minimum atomic E-state index is -0.295. The Bertz CT molecular complexity index is 598. The van der Waals surface area contributed by atoms with Crippen molar-refractivity contribution in [2.24, 2.45) is 0 Å². The number of allylic oxidation sites excluding steroid dienone is 1. The second-order valence-corrected chi connectivity index (χ2v) is 4.43. The number of esters is 1. The highest BCUT2D eigenvalue weighted by atomic mass is 16.5. The zero-order valence-electron chi connectivity index (χ0n) is 11.8. The van der Waals surface area contributed by atoms with E-state index in [4.69, 9.17) is 4.74 Å². The van der Waals surface area contributed by atoms with Gasteiger partial charge in [-0.25, -0.2) is 4.79 Å². The molecule has 0 aliphatic carbocycles. The lowest BCUT2D eigenvalue weighted by Gasteiger charge is -2.13. The molecule has 0 saturated carbocycles. The van der Waals surface area contributed by atoms with Crippen molar-refractivity contribution in [3.8, 4) is 0 Å². The van der Waals surface area contributed by atoms with Gasteiger partial charge >= 0.3 is 5.97 Å². The lowest BCUT2D eigenvalue weighted by Crippen LogP contribution is -2.07. The molecule has 0 aliphatic rings. The first-order valence-corrected chi connectivity index (χ1v) is 6.70. The van der Waals surface area contributed by atoms with Crippen LogP contribution in [0.25, 0.3) is 11.1 Å². The SMILES string of the molecule is CCC(=C(C(=O)OC)c1ccccc1)c1ccccc1. The van der Waals surface area contributed by atoms with Crippen LogP contribution in [0, 0.1) is 0 Å². The van der Waals surface area contributed by atoms with Crippen LogP contribution in [0.15, 0.2) is 60.7 Å². The smallest absolute Gasteiger partial charge is 0.338 e. The second-order valence-electron chi connectivity index (χ2n) is 4.43.